The average Bonchev–Trinajstić information content (AvgIpc) is 2.92. The quantitative estimate of drug-likeness (QED) is 0.595. The Morgan fingerprint density at radius 1 is 1.09 bits per heavy atom. The molecular formula is C17H13N3O2. The molecule has 5 heteroatoms. The molecule has 108 valence electrons. The number of aromatic nitrogens is 3. The largest absolute Gasteiger partial charge is 0.392 e. The van der Waals surface area contributed by atoms with Crippen LogP contribution in [0.1, 0.15) is 5.56 Å². The predicted molar refractivity (Wildman–Crippen MR) is 85.1 cm³/mol. The van der Waals surface area contributed by atoms with Gasteiger partial charge >= 0.3 is 0 Å². The van der Waals surface area contributed by atoms with Crippen molar-refractivity contribution in [2.75, 3.05) is 0 Å². The van der Waals surface area contributed by atoms with E-state index in [-0.39, 0.29) is 12.2 Å². The van der Waals surface area contributed by atoms with Gasteiger partial charge in [0.05, 0.1) is 28.7 Å². The lowest BCUT2D eigenvalue weighted by Crippen LogP contribution is -2.13. The van der Waals surface area contributed by atoms with Crippen LogP contribution in [-0.2, 0) is 6.61 Å². The predicted octanol–water partition coefficient (Wildman–Crippen LogP) is 2.36. The Labute approximate surface area is 125 Å². The van der Waals surface area contributed by atoms with Crippen LogP contribution in [0.25, 0.3) is 27.5 Å². The maximum absolute atomic E-state index is 12.5. The summed E-state index contributed by atoms with van der Waals surface area (Å²) in [6, 6.07) is 15.0. The van der Waals surface area contributed by atoms with Gasteiger partial charge in [0, 0.05) is 11.6 Å². The number of hydrogen-bond acceptors (Lipinski definition) is 3. The molecule has 0 atom stereocenters. The second-order valence-corrected chi connectivity index (χ2v) is 5.14. The number of nitrogens with one attached hydrogen (secondary N) is 1. The lowest BCUT2D eigenvalue weighted by Gasteiger charge is -2.01. The standard InChI is InChI=1S/C17H13N3O2/c21-10-11-6-7-13-15(8-11)18-9-14-16(13)19-20(17(14)22)12-4-2-1-3-5-12/h1-9,19,21H,10H2. The molecular weight excluding hydrogens is 278 g/mol. The van der Waals surface area contributed by atoms with Gasteiger partial charge < -0.3 is 5.11 Å². The van der Waals surface area contributed by atoms with Crippen molar-refractivity contribution < 1.29 is 5.11 Å². The molecule has 5 nitrogen and oxygen atoms in total. The van der Waals surface area contributed by atoms with Gasteiger partial charge in [-0.1, -0.05) is 30.3 Å². The zero-order valence-corrected chi connectivity index (χ0v) is 11.7. The lowest BCUT2D eigenvalue weighted by atomic mass is 10.1. The Kier molecular flexibility index (Phi) is 2.80. The molecule has 0 aliphatic rings. The smallest absolute Gasteiger partial charge is 0.280 e. The number of pyridine rings is 1. The zero-order chi connectivity index (χ0) is 15.1. The molecule has 2 heterocycles. The van der Waals surface area contributed by atoms with E-state index in [1.54, 1.807) is 6.20 Å². The van der Waals surface area contributed by atoms with E-state index < -0.39 is 0 Å². The monoisotopic (exact) mass is 291 g/mol. The molecule has 2 aromatic heterocycles. The van der Waals surface area contributed by atoms with Crippen LogP contribution in [0.5, 0.6) is 0 Å². The number of para-hydroxylation sites is 1. The molecule has 0 saturated heterocycles. The fourth-order valence-electron chi connectivity index (χ4n) is 2.66. The summed E-state index contributed by atoms with van der Waals surface area (Å²) in [7, 11) is 0. The summed E-state index contributed by atoms with van der Waals surface area (Å²) in [5.74, 6) is 0. The zero-order valence-electron chi connectivity index (χ0n) is 11.7. The van der Waals surface area contributed by atoms with Crippen molar-refractivity contribution in [3.05, 3.63) is 70.6 Å². The Balaban J connectivity index is 2.05. The van der Waals surface area contributed by atoms with Crippen LogP contribution >= 0.6 is 0 Å². The van der Waals surface area contributed by atoms with Crippen molar-refractivity contribution in [2.45, 2.75) is 6.61 Å². The number of rotatable bonds is 2. The van der Waals surface area contributed by atoms with Crippen LogP contribution in [0, 0.1) is 0 Å². The van der Waals surface area contributed by atoms with Gasteiger partial charge in [0.2, 0.25) is 0 Å². The minimum Gasteiger partial charge on any atom is -0.392 e. The topological polar surface area (TPSA) is 70.9 Å². The maximum Gasteiger partial charge on any atom is 0.280 e. The maximum atomic E-state index is 12.5. The van der Waals surface area contributed by atoms with Crippen molar-refractivity contribution in [3.8, 4) is 5.69 Å². The minimum absolute atomic E-state index is 0.0306. The molecule has 0 amide bonds. The number of benzene rings is 2. The Bertz CT molecular complexity index is 1030. The summed E-state index contributed by atoms with van der Waals surface area (Å²) in [5, 5.41) is 13.8. The third-order valence-corrected chi connectivity index (χ3v) is 3.79. The van der Waals surface area contributed by atoms with E-state index >= 15 is 0 Å². The Morgan fingerprint density at radius 2 is 1.91 bits per heavy atom. The van der Waals surface area contributed by atoms with Crippen molar-refractivity contribution >= 4 is 21.8 Å². The van der Waals surface area contributed by atoms with Crippen LogP contribution in [0.2, 0.25) is 0 Å². The number of hydrogen-bond donors (Lipinski definition) is 2. The molecule has 2 N–H and O–H groups in total. The highest BCUT2D eigenvalue weighted by atomic mass is 16.3. The highest BCUT2D eigenvalue weighted by molar-refractivity contribution is 6.02. The highest BCUT2D eigenvalue weighted by Gasteiger charge is 2.11. The number of aliphatic hydroxyl groups is 1. The molecule has 0 spiro atoms. The van der Waals surface area contributed by atoms with Crippen molar-refractivity contribution in [1.82, 2.24) is 14.8 Å². The van der Waals surface area contributed by atoms with Crippen LogP contribution in [0.15, 0.2) is 59.5 Å². The number of fused-ring (bicyclic) bond motifs is 3. The summed E-state index contributed by atoms with van der Waals surface area (Å²) >= 11 is 0. The molecule has 22 heavy (non-hydrogen) atoms. The first kappa shape index (κ1) is 12.8. The van der Waals surface area contributed by atoms with Gasteiger partial charge in [-0.2, -0.15) is 0 Å². The molecule has 0 fully saturated rings. The van der Waals surface area contributed by atoms with Crippen LogP contribution in [-0.4, -0.2) is 19.9 Å². The molecule has 4 aromatic rings. The van der Waals surface area contributed by atoms with Gasteiger partial charge in [0.15, 0.2) is 0 Å². The number of aromatic amines is 1. The van der Waals surface area contributed by atoms with E-state index in [0.29, 0.717) is 5.39 Å². The van der Waals surface area contributed by atoms with E-state index in [4.69, 9.17) is 0 Å². The third-order valence-electron chi connectivity index (χ3n) is 3.79. The van der Waals surface area contributed by atoms with Crippen molar-refractivity contribution in [3.63, 3.8) is 0 Å². The van der Waals surface area contributed by atoms with Crippen LogP contribution < -0.4 is 5.56 Å². The van der Waals surface area contributed by atoms with Crippen molar-refractivity contribution in [2.24, 2.45) is 0 Å². The van der Waals surface area contributed by atoms with Crippen molar-refractivity contribution in [1.29, 1.82) is 0 Å². The summed E-state index contributed by atoms with van der Waals surface area (Å²) < 4.78 is 1.52. The molecule has 0 radical (unpaired) electrons. The molecule has 0 aliphatic heterocycles. The summed E-state index contributed by atoms with van der Waals surface area (Å²) in [6.45, 7) is -0.0306. The summed E-state index contributed by atoms with van der Waals surface area (Å²) in [5.41, 5.74) is 2.96. The second kappa shape index (κ2) is 4.82. The molecule has 0 bridgehead atoms. The first-order valence-electron chi connectivity index (χ1n) is 6.96. The third kappa shape index (κ3) is 1.83. The van der Waals surface area contributed by atoms with E-state index in [0.717, 1.165) is 27.7 Å². The first-order valence-corrected chi connectivity index (χ1v) is 6.96. The summed E-state index contributed by atoms with van der Waals surface area (Å²) in [4.78, 5) is 16.9. The van der Waals surface area contributed by atoms with Crippen LogP contribution in [0.3, 0.4) is 0 Å². The number of nitrogens with zero attached hydrogens (tertiary/aromatic N) is 2. The molecule has 2 aromatic carbocycles. The first-order chi connectivity index (χ1) is 10.8. The Morgan fingerprint density at radius 3 is 2.68 bits per heavy atom. The van der Waals surface area contributed by atoms with Gasteiger partial charge in [-0.15, -0.1) is 0 Å². The second-order valence-electron chi connectivity index (χ2n) is 5.14. The van der Waals surface area contributed by atoms with E-state index in [1.807, 2.05) is 48.5 Å². The van der Waals surface area contributed by atoms with E-state index in [9.17, 15) is 9.90 Å². The fourth-order valence-corrected chi connectivity index (χ4v) is 2.66. The number of H-pyrrole nitrogens is 1. The minimum atomic E-state index is -0.123. The SMILES string of the molecule is O=c1c2cnc3cc(CO)ccc3c2[nH]n1-c1ccccc1. The van der Waals surface area contributed by atoms with E-state index in [1.165, 1.54) is 4.68 Å². The van der Waals surface area contributed by atoms with Gasteiger partial charge in [0.25, 0.3) is 5.56 Å². The van der Waals surface area contributed by atoms with Crippen LogP contribution in [0.4, 0.5) is 0 Å². The highest BCUT2D eigenvalue weighted by Crippen LogP contribution is 2.22. The molecule has 0 unspecified atom stereocenters. The summed E-state index contributed by atoms with van der Waals surface area (Å²) in [6.07, 6.45) is 1.58. The van der Waals surface area contributed by atoms with Gasteiger partial charge in [-0.05, 0) is 23.8 Å². The Hall–Kier alpha value is -2.92. The molecule has 4 rings (SSSR count). The lowest BCUT2D eigenvalue weighted by molar-refractivity contribution is 0.282. The van der Waals surface area contributed by atoms with Gasteiger partial charge in [-0.3, -0.25) is 14.9 Å². The number of aliphatic hydroxyl groups excluding tert-OH is 1. The van der Waals surface area contributed by atoms with Gasteiger partial charge in [0.1, 0.15) is 0 Å². The molecule has 0 saturated carbocycles. The fraction of sp³-hybridized carbons (Fsp3) is 0.0588. The average molecular weight is 291 g/mol. The normalized spacial score (nSPS) is 11.3. The van der Waals surface area contributed by atoms with E-state index in [2.05, 4.69) is 10.1 Å². The van der Waals surface area contributed by atoms with Gasteiger partial charge in [-0.25, -0.2) is 4.68 Å². The molecule has 0 aliphatic carbocycles.